The number of ether oxygens (including phenoxy) is 3. The summed E-state index contributed by atoms with van der Waals surface area (Å²) in [5.41, 5.74) is 4.15. The molecule has 6 rings (SSSR count). The van der Waals surface area contributed by atoms with E-state index < -0.39 is 20.2 Å². The minimum Gasteiger partial charge on any atom is -0.497 e. The van der Waals surface area contributed by atoms with Crippen molar-refractivity contribution in [3.8, 4) is 17.2 Å². The molecule has 0 bridgehead atoms. The highest BCUT2D eigenvalue weighted by molar-refractivity contribution is 7.86. The molecule has 54 heavy (non-hydrogen) atoms. The summed E-state index contributed by atoms with van der Waals surface area (Å²) in [5, 5.41) is 10.9. The van der Waals surface area contributed by atoms with Crippen molar-refractivity contribution in [1.82, 2.24) is 0 Å². The third-order valence-electron chi connectivity index (χ3n) is 8.05. The lowest BCUT2D eigenvalue weighted by molar-refractivity contribution is -0.115. The van der Waals surface area contributed by atoms with E-state index in [4.69, 9.17) is 23.3 Å². The molecule has 0 aliphatic carbocycles. The van der Waals surface area contributed by atoms with Gasteiger partial charge in [0.25, 0.3) is 32.1 Å². The van der Waals surface area contributed by atoms with Gasteiger partial charge in [0, 0.05) is 11.6 Å². The molecule has 0 spiro atoms. The summed E-state index contributed by atoms with van der Waals surface area (Å²) in [6.45, 7) is 3.42. The highest BCUT2D eigenvalue weighted by Gasteiger charge is 2.30. The first-order chi connectivity index (χ1) is 25.5. The predicted octanol–water partition coefficient (Wildman–Crippen LogP) is 5.50. The molecule has 0 saturated carbocycles. The number of rotatable bonds is 9. The van der Waals surface area contributed by atoms with Crippen LogP contribution in [-0.4, -0.2) is 70.5 Å². The highest BCUT2D eigenvalue weighted by Crippen LogP contribution is 2.31. The molecule has 280 valence electrons. The maximum Gasteiger partial charge on any atom is 0.294 e. The topological polar surface area (TPSA) is 202 Å². The second-order valence-electron chi connectivity index (χ2n) is 11.5. The van der Waals surface area contributed by atoms with Crippen molar-refractivity contribution in [3.63, 3.8) is 0 Å². The largest absolute Gasteiger partial charge is 0.497 e. The minimum absolute atomic E-state index is 0.248. The van der Waals surface area contributed by atoms with Crippen LogP contribution < -0.4 is 24.2 Å². The van der Waals surface area contributed by atoms with Crippen LogP contribution in [-0.2, 0) is 29.8 Å². The molecule has 0 atom stereocenters. The van der Waals surface area contributed by atoms with Crippen molar-refractivity contribution in [2.75, 3.05) is 31.3 Å². The fraction of sp³-hybridized carbons (Fsp3) is 0.135. The number of amides is 2. The van der Waals surface area contributed by atoms with E-state index in [2.05, 4.69) is 10.2 Å². The van der Waals surface area contributed by atoms with E-state index in [1.165, 1.54) is 65.7 Å². The summed E-state index contributed by atoms with van der Waals surface area (Å²) in [7, 11) is -3.94. The molecule has 0 fully saturated rings. The normalized spacial score (nSPS) is 15.9. The molecule has 0 aromatic heterocycles. The average molecular weight is 775 g/mol. The molecule has 2 heterocycles. The number of benzene rings is 4. The van der Waals surface area contributed by atoms with Crippen molar-refractivity contribution in [1.29, 1.82) is 0 Å². The van der Waals surface area contributed by atoms with E-state index in [0.29, 0.717) is 51.0 Å². The number of anilines is 2. The lowest BCUT2D eigenvalue weighted by Crippen LogP contribution is -2.21. The lowest BCUT2D eigenvalue weighted by Gasteiger charge is -2.12. The van der Waals surface area contributed by atoms with Crippen LogP contribution in [0.2, 0.25) is 0 Å². The van der Waals surface area contributed by atoms with Gasteiger partial charge < -0.3 is 14.2 Å². The third kappa shape index (κ3) is 8.72. The number of carbonyl (C=O) groups is 2. The van der Waals surface area contributed by atoms with Gasteiger partial charge in [0.05, 0.1) is 65.1 Å². The van der Waals surface area contributed by atoms with Crippen molar-refractivity contribution in [3.05, 3.63) is 113 Å². The highest BCUT2D eigenvalue weighted by atomic mass is 32.2. The molecule has 0 saturated heterocycles. The number of methoxy groups -OCH3 is 3. The van der Waals surface area contributed by atoms with Gasteiger partial charge in [0.2, 0.25) is 0 Å². The number of hydrogen-bond donors (Lipinski definition) is 2. The van der Waals surface area contributed by atoms with Gasteiger partial charge in [-0.1, -0.05) is 12.1 Å². The SMILES string of the molecule is COc1ccc(C=C2C(=O)N(c3ccc(S(=O)(=O)O)cc3)N=C2C)c(OC)c1.COc1ccc(C=C2C(=O)N(c3ccc(S(=O)(=O)O)cc3)N=C2C)cc1. The average Bonchev–Trinajstić information content (AvgIpc) is 3.60. The van der Waals surface area contributed by atoms with E-state index in [0.717, 1.165) is 11.3 Å². The van der Waals surface area contributed by atoms with Gasteiger partial charge in [0.15, 0.2) is 0 Å². The Labute approximate surface area is 311 Å². The quantitative estimate of drug-likeness (QED) is 0.161. The third-order valence-corrected chi connectivity index (χ3v) is 9.79. The Morgan fingerprint density at radius 2 is 1.00 bits per heavy atom. The molecule has 0 radical (unpaired) electrons. The molecule has 2 N–H and O–H groups in total. The van der Waals surface area contributed by atoms with Gasteiger partial charge in [0.1, 0.15) is 17.2 Å². The molecule has 2 aliphatic rings. The molecule has 4 aromatic rings. The van der Waals surface area contributed by atoms with Crippen LogP contribution in [0.4, 0.5) is 11.4 Å². The number of hydrazone groups is 2. The lowest BCUT2D eigenvalue weighted by atomic mass is 10.1. The first kappa shape index (κ1) is 39.1. The van der Waals surface area contributed by atoms with Crippen LogP contribution >= 0.6 is 0 Å². The Hall–Kier alpha value is -6.14. The minimum atomic E-state index is -4.31. The Balaban J connectivity index is 0.000000208. The smallest absolute Gasteiger partial charge is 0.294 e. The fourth-order valence-electron chi connectivity index (χ4n) is 5.20. The van der Waals surface area contributed by atoms with Crippen LogP contribution in [0.5, 0.6) is 17.2 Å². The van der Waals surface area contributed by atoms with Crippen molar-refractivity contribution in [2.45, 2.75) is 23.6 Å². The standard InChI is InChI=1S/C19H18N2O6S.C18H16N2O5S/c1-12-17(10-13-4-7-15(26-2)11-18(13)27-3)19(22)21(20-12)14-5-8-16(9-6-14)28(23,24)25;1-12-17(11-13-3-7-15(25-2)8-4-13)18(21)20(19-12)14-5-9-16(10-6-14)26(22,23)24/h4-11H,1-3H3,(H,23,24,25);3-11H,1-2H3,(H,22,23,24). The molecule has 15 nitrogen and oxygen atoms in total. The maximum atomic E-state index is 12.8. The summed E-state index contributed by atoms with van der Waals surface area (Å²) in [4.78, 5) is 25.0. The summed E-state index contributed by atoms with van der Waals surface area (Å²) in [6.07, 6.45) is 3.40. The Morgan fingerprint density at radius 1 is 0.574 bits per heavy atom. The second-order valence-corrected chi connectivity index (χ2v) is 14.4. The predicted molar refractivity (Wildman–Crippen MR) is 202 cm³/mol. The van der Waals surface area contributed by atoms with Gasteiger partial charge >= 0.3 is 0 Å². The van der Waals surface area contributed by atoms with Crippen LogP contribution in [0.3, 0.4) is 0 Å². The zero-order chi connectivity index (χ0) is 39.4. The maximum absolute atomic E-state index is 12.8. The van der Waals surface area contributed by atoms with Gasteiger partial charge in [-0.05, 0) is 104 Å². The van der Waals surface area contributed by atoms with Crippen molar-refractivity contribution in [2.24, 2.45) is 10.2 Å². The van der Waals surface area contributed by atoms with Crippen LogP contribution in [0, 0.1) is 0 Å². The zero-order valence-electron chi connectivity index (χ0n) is 29.5. The molecule has 2 aliphatic heterocycles. The molecular formula is C37H34N4O11S2. The first-order valence-electron chi connectivity index (χ1n) is 15.8. The summed E-state index contributed by atoms with van der Waals surface area (Å²) in [5.74, 6) is 1.20. The van der Waals surface area contributed by atoms with E-state index in [1.54, 1.807) is 70.6 Å². The molecule has 2 amide bonds. The van der Waals surface area contributed by atoms with E-state index >= 15 is 0 Å². The van der Waals surface area contributed by atoms with Crippen LogP contribution in [0.25, 0.3) is 12.2 Å². The van der Waals surface area contributed by atoms with Gasteiger partial charge in [-0.2, -0.15) is 37.1 Å². The molecular weight excluding hydrogens is 741 g/mol. The molecule has 4 aromatic carbocycles. The van der Waals surface area contributed by atoms with E-state index in [9.17, 15) is 26.4 Å². The van der Waals surface area contributed by atoms with Crippen LogP contribution in [0.1, 0.15) is 25.0 Å². The fourth-order valence-corrected chi connectivity index (χ4v) is 6.16. The molecule has 0 unspecified atom stereocenters. The van der Waals surface area contributed by atoms with Gasteiger partial charge in [-0.3, -0.25) is 18.7 Å². The summed E-state index contributed by atoms with van der Waals surface area (Å²) >= 11 is 0. The first-order valence-corrected chi connectivity index (χ1v) is 18.7. The Kier molecular flexibility index (Phi) is 11.5. The Bertz CT molecular complexity index is 2440. The number of carbonyl (C=O) groups excluding carboxylic acids is 2. The number of nitrogens with zero attached hydrogens (tertiary/aromatic N) is 4. The summed E-state index contributed by atoms with van der Waals surface area (Å²) < 4.78 is 78.3. The molecule has 17 heteroatoms. The van der Waals surface area contributed by atoms with E-state index in [-0.39, 0.29) is 21.6 Å². The second kappa shape index (κ2) is 15.8. The summed E-state index contributed by atoms with van der Waals surface area (Å²) in [6, 6.07) is 23.0. The van der Waals surface area contributed by atoms with Crippen LogP contribution in [0.15, 0.2) is 122 Å². The van der Waals surface area contributed by atoms with Crippen molar-refractivity contribution >= 4 is 67.0 Å². The van der Waals surface area contributed by atoms with Gasteiger partial charge in [-0.15, -0.1) is 0 Å². The van der Waals surface area contributed by atoms with Gasteiger partial charge in [-0.25, -0.2) is 0 Å². The Morgan fingerprint density at radius 3 is 1.41 bits per heavy atom. The van der Waals surface area contributed by atoms with E-state index in [1.807, 2.05) is 12.1 Å². The monoisotopic (exact) mass is 774 g/mol. The zero-order valence-corrected chi connectivity index (χ0v) is 31.1. The van der Waals surface area contributed by atoms with Crippen molar-refractivity contribution < 1.29 is 49.7 Å². The number of hydrogen-bond acceptors (Lipinski definition) is 11.